The van der Waals surface area contributed by atoms with Crippen LogP contribution in [0.25, 0.3) is 0 Å². The molecule has 0 radical (unpaired) electrons. The summed E-state index contributed by atoms with van der Waals surface area (Å²) in [5.41, 5.74) is 5.05. The highest BCUT2D eigenvalue weighted by Crippen LogP contribution is 2.22. The Morgan fingerprint density at radius 3 is 2.65 bits per heavy atom. The van der Waals surface area contributed by atoms with Crippen molar-refractivity contribution in [2.45, 2.75) is 43.0 Å². The largest absolute Gasteiger partial charge is 0.334 e. The molecule has 0 atom stereocenters. The van der Waals surface area contributed by atoms with Crippen LogP contribution in [0.15, 0.2) is 34.5 Å². The number of aromatic nitrogens is 3. The number of rotatable bonds is 5. The van der Waals surface area contributed by atoms with Crippen molar-refractivity contribution in [2.24, 2.45) is 5.10 Å². The SMILES string of the molecule is Nn1c(NN=C2CCCCC2)nnc1SCc1ccc(F)cc1. The van der Waals surface area contributed by atoms with Crippen molar-refractivity contribution in [1.29, 1.82) is 0 Å². The van der Waals surface area contributed by atoms with E-state index in [0.717, 1.165) is 24.1 Å². The van der Waals surface area contributed by atoms with Crippen molar-refractivity contribution in [1.82, 2.24) is 14.9 Å². The molecule has 0 spiro atoms. The zero-order valence-corrected chi connectivity index (χ0v) is 13.5. The monoisotopic (exact) mass is 334 g/mol. The smallest absolute Gasteiger partial charge is 0.264 e. The Morgan fingerprint density at radius 1 is 1.17 bits per heavy atom. The van der Waals surface area contributed by atoms with Crippen LogP contribution in [0.4, 0.5) is 10.3 Å². The van der Waals surface area contributed by atoms with Gasteiger partial charge in [0.15, 0.2) is 0 Å². The van der Waals surface area contributed by atoms with Crippen molar-refractivity contribution in [3.8, 4) is 0 Å². The third-order valence-corrected chi connectivity index (χ3v) is 4.70. The number of benzene rings is 1. The summed E-state index contributed by atoms with van der Waals surface area (Å²) >= 11 is 1.44. The van der Waals surface area contributed by atoms with Gasteiger partial charge in [-0.25, -0.2) is 14.5 Å². The summed E-state index contributed by atoms with van der Waals surface area (Å²) in [4.78, 5) is 0. The number of thioether (sulfide) groups is 1. The Hall–Kier alpha value is -2.09. The van der Waals surface area contributed by atoms with E-state index in [0.29, 0.717) is 16.9 Å². The molecule has 1 saturated carbocycles. The van der Waals surface area contributed by atoms with E-state index in [9.17, 15) is 4.39 Å². The predicted octanol–water partition coefficient (Wildman–Crippen LogP) is 3.16. The number of hydrogen-bond donors (Lipinski definition) is 2. The molecule has 1 aromatic heterocycles. The Labute approximate surface area is 138 Å². The third kappa shape index (κ3) is 4.22. The number of nitrogens with zero attached hydrogens (tertiary/aromatic N) is 4. The number of anilines is 1. The van der Waals surface area contributed by atoms with Crippen LogP contribution < -0.4 is 11.3 Å². The maximum atomic E-state index is 12.9. The first-order valence-electron chi connectivity index (χ1n) is 7.61. The highest BCUT2D eigenvalue weighted by atomic mass is 32.2. The van der Waals surface area contributed by atoms with Gasteiger partial charge in [0.05, 0.1) is 0 Å². The maximum Gasteiger partial charge on any atom is 0.264 e. The highest BCUT2D eigenvalue weighted by Gasteiger charge is 2.11. The molecule has 1 aliphatic rings. The van der Waals surface area contributed by atoms with Crippen LogP contribution in [-0.4, -0.2) is 20.6 Å². The van der Waals surface area contributed by atoms with E-state index in [-0.39, 0.29) is 5.82 Å². The molecule has 0 saturated heterocycles. The first kappa shape index (κ1) is 15.8. The molecular weight excluding hydrogens is 315 g/mol. The molecule has 0 bridgehead atoms. The molecule has 3 N–H and O–H groups in total. The van der Waals surface area contributed by atoms with E-state index in [4.69, 9.17) is 5.84 Å². The van der Waals surface area contributed by atoms with Gasteiger partial charge >= 0.3 is 0 Å². The van der Waals surface area contributed by atoms with Crippen molar-refractivity contribution >= 4 is 23.4 Å². The second kappa shape index (κ2) is 7.45. The lowest BCUT2D eigenvalue weighted by atomic mass is 9.99. The molecule has 8 heteroatoms. The van der Waals surface area contributed by atoms with E-state index in [2.05, 4.69) is 20.7 Å². The Bertz CT molecular complexity index is 674. The first-order chi connectivity index (χ1) is 11.2. The zero-order valence-electron chi connectivity index (χ0n) is 12.7. The number of hydrogen-bond acceptors (Lipinski definition) is 6. The Balaban J connectivity index is 1.59. The van der Waals surface area contributed by atoms with Gasteiger partial charge in [0.1, 0.15) is 5.82 Å². The fourth-order valence-electron chi connectivity index (χ4n) is 2.38. The minimum absolute atomic E-state index is 0.242. The lowest BCUT2D eigenvalue weighted by molar-refractivity contribution is 0.627. The lowest BCUT2D eigenvalue weighted by Gasteiger charge is -2.12. The average molecular weight is 334 g/mol. The summed E-state index contributed by atoms with van der Waals surface area (Å²) in [6, 6.07) is 6.37. The molecule has 0 aliphatic heterocycles. The van der Waals surface area contributed by atoms with Gasteiger partial charge < -0.3 is 5.84 Å². The molecule has 23 heavy (non-hydrogen) atoms. The number of nitrogens with two attached hydrogens (primary N) is 1. The van der Waals surface area contributed by atoms with Gasteiger partial charge in [-0.3, -0.25) is 0 Å². The number of nitrogen functional groups attached to an aromatic ring is 1. The quantitative estimate of drug-likeness (QED) is 0.499. The fraction of sp³-hybridized carbons (Fsp3) is 0.400. The average Bonchev–Trinajstić information content (AvgIpc) is 2.93. The van der Waals surface area contributed by atoms with Gasteiger partial charge in [-0.15, -0.1) is 10.2 Å². The van der Waals surface area contributed by atoms with Crippen LogP contribution in [0.2, 0.25) is 0 Å². The lowest BCUT2D eigenvalue weighted by Crippen LogP contribution is -2.14. The van der Waals surface area contributed by atoms with E-state index in [1.807, 2.05) is 0 Å². The predicted molar refractivity (Wildman–Crippen MR) is 90.3 cm³/mol. The van der Waals surface area contributed by atoms with Crippen molar-refractivity contribution in [3.05, 3.63) is 35.6 Å². The molecular formula is C15H19FN6S. The van der Waals surface area contributed by atoms with E-state index < -0.39 is 0 Å². The zero-order chi connectivity index (χ0) is 16.1. The number of nitrogens with one attached hydrogen (secondary N) is 1. The number of hydrazone groups is 1. The molecule has 1 heterocycles. The summed E-state index contributed by atoms with van der Waals surface area (Å²) < 4.78 is 14.3. The van der Waals surface area contributed by atoms with Gasteiger partial charge in [0.25, 0.3) is 5.95 Å². The Kier molecular flexibility index (Phi) is 5.12. The minimum Gasteiger partial charge on any atom is -0.334 e. The molecule has 6 nitrogen and oxygen atoms in total. The summed E-state index contributed by atoms with van der Waals surface area (Å²) in [6.45, 7) is 0. The van der Waals surface area contributed by atoms with Gasteiger partial charge in [0, 0.05) is 11.5 Å². The molecule has 1 fully saturated rings. The van der Waals surface area contributed by atoms with Gasteiger partial charge in [0.2, 0.25) is 5.16 Å². The van der Waals surface area contributed by atoms with Crippen LogP contribution >= 0.6 is 11.8 Å². The highest BCUT2D eigenvalue weighted by molar-refractivity contribution is 7.98. The van der Waals surface area contributed by atoms with E-state index in [1.165, 1.54) is 47.8 Å². The van der Waals surface area contributed by atoms with Gasteiger partial charge in [-0.05, 0) is 43.4 Å². The standard InChI is InChI=1S/C15H19FN6S/c16-12-8-6-11(7-9-12)10-23-15-21-20-14(22(15)17)19-18-13-4-2-1-3-5-13/h6-9H,1-5,10,17H2,(H,19,20). The van der Waals surface area contributed by atoms with Crippen molar-refractivity contribution in [3.63, 3.8) is 0 Å². The second-order valence-electron chi connectivity index (χ2n) is 5.44. The topological polar surface area (TPSA) is 81.1 Å². The van der Waals surface area contributed by atoms with Gasteiger partial charge in [-0.2, -0.15) is 5.10 Å². The molecule has 0 amide bonds. The molecule has 1 aromatic carbocycles. The fourth-order valence-corrected chi connectivity index (χ4v) is 3.19. The molecule has 2 aromatic rings. The minimum atomic E-state index is -0.242. The third-order valence-electron chi connectivity index (χ3n) is 3.69. The Morgan fingerprint density at radius 2 is 1.91 bits per heavy atom. The maximum absolute atomic E-state index is 12.9. The van der Waals surface area contributed by atoms with Crippen LogP contribution in [0.5, 0.6) is 0 Å². The summed E-state index contributed by atoms with van der Waals surface area (Å²) in [6.07, 6.45) is 5.70. The van der Waals surface area contributed by atoms with Crippen LogP contribution in [0, 0.1) is 5.82 Å². The number of halogens is 1. The normalized spacial score (nSPS) is 14.7. The molecule has 3 rings (SSSR count). The summed E-state index contributed by atoms with van der Waals surface area (Å²) in [5, 5.41) is 13.0. The molecule has 1 aliphatic carbocycles. The second-order valence-corrected chi connectivity index (χ2v) is 6.38. The van der Waals surface area contributed by atoms with Crippen LogP contribution in [0.1, 0.15) is 37.7 Å². The van der Waals surface area contributed by atoms with Crippen LogP contribution in [0.3, 0.4) is 0 Å². The van der Waals surface area contributed by atoms with Crippen molar-refractivity contribution < 1.29 is 4.39 Å². The van der Waals surface area contributed by atoms with E-state index in [1.54, 1.807) is 12.1 Å². The summed E-state index contributed by atoms with van der Waals surface area (Å²) in [7, 11) is 0. The van der Waals surface area contributed by atoms with Gasteiger partial charge in [-0.1, -0.05) is 30.3 Å². The molecule has 122 valence electrons. The summed E-state index contributed by atoms with van der Waals surface area (Å²) in [5.74, 6) is 6.81. The van der Waals surface area contributed by atoms with E-state index >= 15 is 0 Å². The van der Waals surface area contributed by atoms with Crippen LogP contribution in [-0.2, 0) is 5.75 Å². The molecule has 0 unspecified atom stereocenters. The first-order valence-corrected chi connectivity index (χ1v) is 8.60. The van der Waals surface area contributed by atoms with Crippen molar-refractivity contribution in [2.75, 3.05) is 11.3 Å².